The molecular formula is C13H24N2O2. The Labute approximate surface area is 103 Å². The molecule has 0 bridgehead atoms. The summed E-state index contributed by atoms with van der Waals surface area (Å²) in [5, 5.41) is 12.5. The minimum absolute atomic E-state index is 0.178. The summed E-state index contributed by atoms with van der Waals surface area (Å²) in [6.45, 7) is 5.76. The Morgan fingerprint density at radius 2 is 2.41 bits per heavy atom. The maximum absolute atomic E-state index is 12.6. The number of nitrogens with zero attached hydrogens (tertiary/aromatic N) is 1. The smallest absolute Gasteiger partial charge is 0.230 e. The highest BCUT2D eigenvalue weighted by Gasteiger charge is 2.42. The fourth-order valence-electron chi connectivity index (χ4n) is 3.10. The summed E-state index contributed by atoms with van der Waals surface area (Å²) in [6.07, 6.45) is 3.97. The predicted molar refractivity (Wildman–Crippen MR) is 66.6 cm³/mol. The monoisotopic (exact) mass is 240 g/mol. The topological polar surface area (TPSA) is 52.6 Å². The first-order valence-corrected chi connectivity index (χ1v) is 6.83. The van der Waals surface area contributed by atoms with Crippen LogP contribution in [0.4, 0.5) is 0 Å². The lowest BCUT2D eigenvalue weighted by Crippen LogP contribution is -2.51. The van der Waals surface area contributed by atoms with Gasteiger partial charge in [0.25, 0.3) is 0 Å². The molecule has 2 aliphatic rings. The Hall–Kier alpha value is -0.610. The third-order valence-corrected chi connectivity index (χ3v) is 4.43. The van der Waals surface area contributed by atoms with Gasteiger partial charge in [-0.25, -0.2) is 0 Å². The molecule has 4 heteroatoms. The van der Waals surface area contributed by atoms with Crippen LogP contribution in [0.1, 0.15) is 32.6 Å². The molecule has 2 rings (SSSR count). The molecule has 2 heterocycles. The molecule has 0 aromatic heterocycles. The van der Waals surface area contributed by atoms with Gasteiger partial charge in [-0.15, -0.1) is 0 Å². The average Bonchev–Trinajstić information content (AvgIpc) is 2.87. The second-order valence-electron chi connectivity index (χ2n) is 5.50. The predicted octanol–water partition coefficient (Wildman–Crippen LogP) is 0.607. The first kappa shape index (κ1) is 12.8. The van der Waals surface area contributed by atoms with Crippen molar-refractivity contribution in [3.63, 3.8) is 0 Å². The molecule has 0 aliphatic carbocycles. The highest BCUT2D eigenvalue weighted by atomic mass is 16.3. The lowest BCUT2D eigenvalue weighted by molar-refractivity contribution is -0.142. The van der Waals surface area contributed by atoms with Gasteiger partial charge < -0.3 is 15.3 Å². The third-order valence-electron chi connectivity index (χ3n) is 4.43. The van der Waals surface area contributed by atoms with Crippen LogP contribution in [0, 0.1) is 11.3 Å². The van der Waals surface area contributed by atoms with Gasteiger partial charge in [0.05, 0.1) is 5.41 Å². The molecular weight excluding hydrogens is 216 g/mol. The van der Waals surface area contributed by atoms with Crippen LogP contribution in [0.5, 0.6) is 0 Å². The average molecular weight is 240 g/mol. The van der Waals surface area contributed by atoms with Crippen molar-refractivity contribution in [2.45, 2.75) is 32.6 Å². The van der Waals surface area contributed by atoms with Gasteiger partial charge in [-0.2, -0.15) is 0 Å². The zero-order valence-electron chi connectivity index (χ0n) is 10.7. The minimum Gasteiger partial charge on any atom is -0.396 e. The van der Waals surface area contributed by atoms with E-state index in [0.29, 0.717) is 11.8 Å². The SMILES string of the molecule is CCC1(C(=O)N2CCC(CO)C2)CCCNC1. The molecule has 2 saturated heterocycles. The number of aliphatic hydroxyl groups excluding tert-OH is 1. The zero-order valence-corrected chi connectivity index (χ0v) is 10.7. The molecule has 0 saturated carbocycles. The van der Waals surface area contributed by atoms with E-state index in [1.165, 1.54) is 0 Å². The number of rotatable bonds is 3. The first-order valence-electron chi connectivity index (χ1n) is 6.83. The maximum Gasteiger partial charge on any atom is 0.230 e. The maximum atomic E-state index is 12.6. The van der Waals surface area contributed by atoms with E-state index >= 15 is 0 Å². The van der Waals surface area contributed by atoms with Crippen LogP contribution in [-0.2, 0) is 4.79 Å². The third kappa shape index (κ3) is 2.47. The fraction of sp³-hybridized carbons (Fsp3) is 0.923. The number of nitrogens with one attached hydrogen (secondary N) is 1. The molecule has 98 valence electrons. The second kappa shape index (κ2) is 5.36. The van der Waals surface area contributed by atoms with E-state index < -0.39 is 0 Å². The summed E-state index contributed by atoms with van der Waals surface area (Å²) >= 11 is 0. The number of hydrogen-bond acceptors (Lipinski definition) is 3. The van der Waals surface area contributed by atoms with Crippen molar-refractivity contribution in [2.24, 2.45) is 11.3 Å². The van der Waals surface area contributed by atoms with Crippen molar-refractivity contribution in [1.29, 1.82) is 0 Å². The molecule has 2 atom stereocenters. The van der Waals surface area contributed by atoms with E-state index in [4.69, 9.17) is 5.11 Å². The Balaban J connectivity index is 2.02. The molecule has 0 aromatic rings. The molecule has 2 unspecified atom stereocenters. The largest absolute Gasteiger partial charge is 0.396 e. The van der Waals surface area contributed by atoms with Gasteiger partial charge in [0.15, 0.2) is 0 Å². The second-order valence-corrected chi connectivity index (χ2v) is 5.50. The van der Waals surface area contributed by atoms with Crippen molar-refractivity contribution in [3.05, 3.63) is 0 Å². The van der Waals surface area contributed by atoms with Gasteiger partial charge in [-0.3, -0.25) is 4.79 Å². The van der Waals surface area contributed by atoms with Crippen LogP contribution in [-0.4, -0.2) is 48.7 Å². The van der Waals surface area contributed by atoms with Crippen molar-refractivity contribution in [2.75, 3.05) is 32.8 Å². The fourth-order valence-corrected chi connectivity index (χ4v) is 3.10. The van der Waals surface area contributed by atoms with Crippen LogP contribution in [0.2, 0.25) is 0 Å². The van der Waals surface area contributed by atoms with Crippen LogP contribution in [0.3, 0.4) is 0 Å². The van der Waals surface area contributed by atoms with Gasteiger partial charge in [-0.05, 0) is 32.2 Å². The molecule has 0 spiro atoms. The van der Waals surface area contributed by atoms with Crippen molar-refractivity contribution in [1.82, 2.24) is 10.2 Å². The van der Waals surface area contributed by atoms with Gasteiger partial charge in [0.1, 0.15) is 0 Å². The van der Waals surface area contributed by atoms with Gasteiger partial charge >= 0.3 is 0 Å². The summed E-state index contributed by atoms with van der Waals surface area (Å²) < 4.78 is 0. The van der Waals surface area contributed by atoms with E-state index in [1.54, 1.807) is 0 Å². The number of likely N-dealkylation sites (tertiary alicyclic amines) is 1. The number of amides is 1. The highest BCUT2D eigenvalue weighted by Crippen LogP contribution is 2.34. The van der Waals surface area contributed by atoms with Gasteiger partial charge in [0, 0.05) is 32.2 Å². The molecule has 0 radical (unpaired) electrons. The molecule has 0 aromatic carbocycles. The number of hydrogen-bond donors (Lipinski definition) is 2. The van der Waals surface area contributed by atoms with Crippen LogP contribution < -0.4 is 5.32 Å². The number of piperidine rings is 1. The van der Waals surface area contributed by atoms with Crippen LogP contribution in [0.25, 0.3) is 0 Å². The summed E-state index contributed by atoms with van der Waals surface area (Å²) in [4.78, 5) is 14.6. The number of carbonyl (C=O) groups is 1. The van der Waals surface area contributed by atoms with E-state index in [2.05, 4.69) is 12.2 Å². The summed E-state index contributed by atoms with van der Waals surface area (Å²) in [7, 11) is 0. The van der Waals surface area contributed by atoms with Gasteiger partial charge in [0.2, 0.25) is 5.91 Å². The molecule has 4 nitrogen and oxygen atoms in total. The van der Waals surface area contributed by atoms with E-state index in [0.717, 1.165) is 51.9 Å². The standard InChI is InChI=1S/C13H24N2O2/c1-2-13(5-3-6-14-10-13)12(17)15-7-4-11(8-15)9-16/h11,14,16H,2-10H2,1H3. The molecule has 1 amide bonds. The summed E-state index contributed by atoms with van der Waals surface area (Å²) in [5.41, 5.74) is -0.178. The molecule has 2 fully saturated rings. The van der Waals surface area contributed by atoms with E-state index in [-0.39, 0.29) is 12.0 Å². The highest BCUT2D eigenvalue weighted by molar-refractivity contribution is 5.83. The summed E-state index contributed by atoms with van der Waals surface area (Å²) in [5.74, 6) is 0.604. The van der Waals surface area contributed by atoms with E-state index in [9.17, 15) is 4.79 Å². The molecule has 17 heavy (non-hydrogen) atoms. The first-order chi connectivity index (χ1) is 8.22. The Morgan fingerprint density at radius 1 is 1.59 bits per heavy atom. The van der Waals surface area contributed by atoms with Crippen LogP contribution in [0.15, 0.2) is 0 Å². The Kier molecular flexibility index (Phi) is 4.05. The van der Waals surface area contributed by atoms with Crippen molar-refractivity contribution < 1.29 is 9.90 Å². The quantitative estimate of drug-likeness (QED) is 0.760. The van der Waals surface area contributed by atoms with Crippen molar-refractivity contribution >= 4 is 5.91 Å². The Morgan fingerprint density at radius 3 is 2.94 bits per heavy atom. The number of carbonyl (C=O) groups excluding carboxylic acids is 1. The molecule has 2 aliphatic heterocycles. The van der Waals surface area contributed by atoms with Crippen molar-refractivity contribution in [3.8, 4) is 0 Å². The van der Waals surface area contributed by atoms with Crippen LogP contribution >= 0.6 is 0 Å². The minimum atomic E-state index is -0.178. The van der Waals surface area contributed by atoms with E-state index in [1.807, 2.05) is 4.90 Å². The number of aliphatic hydroxyl groups is 1. The summed E-state index contributed by atoms with van der Waals surface area (Å²) in [6, 6.07) is 0. The lowest BCUT2D eigenvalue weighted by Gasteiger charge is -2.38. The normalized spacial score (nSPS) is 34.0. The molecule has 2 N–H and O–H groups in total. The lowest BCUT2D eigenvalue weighted by atomic mass is 9.77. The Bertz CT molecular complexity index is 275. The van der Waals surface area contributed by atoms with Gasteiger partial charge in [-0.1, -0.05) is 6.92 Å². The zero-order chi connectivity index (χ0) is 12.3.